The molecule has 1 aromatic carbocycles. The molecule has 5 N–H and O–H groups in total. The zero-order chi connectivity index (χ0) is 47.1. The van der Waals surface area contributed by atoms with Crippen LogP contribution >= 0.6 is 0 Å². The van der Waals surface area contributed by atoms with Crippen LogP contribution in [0.3, 0.4) is 0 Å². The minimum atomic E-state index is -1.90. The van der Waals surface area contributed by atoms with Gasteiger partial charge in [-0.3, -0.25) is 24.0 Å². The number of carbonyl (C=O) groups is 5. The van der Waals surface area contributed by atoms with E-state index in [0.717, 1.165) is 42.4 Å². The predicted octanol–water partition coefficient (Wildman–Crippen LogP) is 5.67. The molecule has 6 saturated carbocycles. The molecule has 1 heterocycles. The number of aliphatic hydroxyl groups excluding tert-OH is 3. The minimum Gasteiger partial charge on any atom is -0.475 e. The van der Waals surface area contributed by atoms with Crippen LogP contribution in [0.25, 0.3) is 0 Å². The van der Waals surface area contributed by atoms with Gasteiger partial charge in [-0.05, 0) is 136 Å². The molecule has 1 aliphatic heterocycles. The smallest absolute Gasteiger partial charge is 0.303 e. The summed E-state index contributed by atoms with van der Waals surface area (Å²) >= 11 is 0. The first-order valence-electron chi connectivity index (χ1n) is 24.2. The highest BCUT2D eigenvalue weighted by molar-refractivity contribution is 6.02. The Morgan fingerprint density at radius 3 is 2.24 bits per heavy atom. The van der Waals surface area contributed by atoms with E-state index in [0.29, 0.717) is 38.0 Å². The number of ketones is 4. The van der Waals surface area contributed by atoms with E-state index in [1.165, 1.54) is 18.6 Å². The maximum atomic E-state index is 17.4. The summed E-state index contributed by atoms with van der Waals surface area (Å²) in [6.45, 7) is 10.3. The summed E-state index contributed by atoms with van der Waals surface area (Å²) in [5, 5.41) is 33.3. The van der Waals surface area contributed by atoms with Crippen LogP contribution in [-0.2, 0) is 46.3 Å². The molecule has 16 atom stereocenters. The number of esters is 1. The van der Waals surface area contributed by atoms with E-state index < -0.39 is 69.7 Å². The Morgan fingerprint density at radius 1 is 0.866 bits per heavy atom. The predicted molar refractivity (Wildman–Crippen MR) is 245 cm³/mol. The van der Waals surface area contributed by atoms with Crippen molar-refractivity contribution in [3.05, 3.63) is 83.0 Å². The van der Waals surface area contributed by atoms with Gasteiger partial charge in [-0.25, -0.2) is 9.38 Å². The third-order valence-corrected chi connectivity index (χ3v) is 20.1. The lowest BCUT2D eigenvalue weighted by atomic mass is 9.42. The number of aliphatic hydroxyl groups is 3. The van der Waals surface area contributed by atoms with Crippen molar-refractivity contribution in [1.82, 2.24) is 0 Å². The molecule has 0 aromatic heterocycles. The molecule has 0 unspecified atom stereocenters. The monoisotopic (exact) mass is 923 g/mol. The molecule has 0 bridgehead atoms. The normalized spacial score (nSPS) is 45.6. The number of carbonyl (C=O) groups excluding carboxylic acids is 5. The van der Waals surface area contributed by atoms with E-state index in [1.807, 2.05) is 25.1 Å². The molecule has 0 spiro atoms. The standard InChI is InChI=1S/C29H33FO4.C25H31NO6.H2O/c1-26-10-9-21(32)12-19(26)7-8-22-23-13-20-11-17-5-3-4-6-18(17)14-28(20,25(34)16-31)27(23,2)15-24(33)29(22,26)30;1-13-26-25(20(30)12-31-14(2)27)21(32-13)10-18-17-6-5-15-9-16(28)7-8-23(15,3)22(17)19(29)11-24(18,25)4;/h3-6,9-10,12,20,22-24,31,33H,7-8,11,13-16H2,1-2H3;7-9,17-19,21-22,29H,5-6,10-12H2,1-4H3;1H2/t20-,22+,23+,24+,26+,27+,28-,29+;17-,18-,19-,21+,22+,23-,24-,25+;/m10./s1. The van der Waals surface area contributed by atoms with Gasteiger partial charge in [0.2, 0.25) is 5.78 Å². The second-order valence-electron chi connectivity index (χ2n) is 22.6. The number of alkyl halides is 1. The van der Waals surface area contributed by atoms with Gasteiger partial charge < -0.3 is 30.3 Å². The molecule has 1 aromatic rings. The van der Waals surface area contributed by atoms with Crippen LogP contribution in [0.5, 0.6) is 0 Å². The van der Waals surface area contributed by atoms with Crippen LogP contribution in [0.15, 0.2) is 76.9 Å². The van der Waals surface area contributed by atoms with Gasteiger partial charge in [0.15, 0.2) is 41.1 Å². The van der Waals surface area contributed by atoms with E-state index in [-0.39, 0.29) is 76.6 Å². The third kappa shape index (κ3) is 6.14. The number of ether oxygens (including phenoxy) is 2. The molecule has 11 rings (SSSR count). The average molecular weight is 924 g/mol. The average Bonchev–Trinajstić information content (AvgIpc) is 3.83. The zero-order valence-electron chi connectivity index (χ0n) is 39.5. The van der Waals surface area contributed by atoms with Gasteiger partial charge in [-0.2, -0.15) is 0 Å². The number of halogens is 1. The van der Waals surface area contributed by atoms with E-state index in [9.17, 15) is 39.3 Å². The molecule has 0 saturated heterocycles. The fourth-order valence-electron chi connectivity index (χ4n) is 17.3. The van der Waals surface area contributed by atoms with Crippen molar-refractivity contribution < 1.29 is 58.6 Å². The number of nitrogens with zero attached hydrogens (tertiary/aromatic N) is 1. The first-order valence-corrected chi connectivity index (χ1v) is 24.2. The zero-order valence-corrected chi connectivity index (χ0v) is 39.5. The van der Waals surface area contributed by atoms with Crippen molar-refractivity contribution in [2.75, 3.05) is 13.2 Å². The van der Waals surface area contributed by atoms with Crippen molar-refractivity contribution in [3.63, 3.8) is 0 Å². The first-order chi connectivity index (χ1) is 31.1. The quantitative estimate of drug-likeness (QED) is 0.309. The largest absolute Gasteiger partial charge is 0.475 e. The van der Waals surface area contributed by atoms with E-state index in [2.05, 4.69) is 32.9 Å². The van der Waals surface area contributed by atoms with Gasteiger partial charge in [-0.1, -0.05) is 68.3 Å². The number of allylic oxidation sites excluding steroid dienone is 8. The number of rotatable bonds is 5. The molecule has 0 amide bonds. The van der Waals surface area contributed by atoms with Crippen molar-refractivity contribution in [1.29, 1.82) is 0 Å². The molecule has 9 aliphatic carbocycles. The second kappa shape index (κ2) is 15.8. The van der Waals surface area contributed by atoms with Crippen LogP contribution in [0.1, 0.15) is 104 Å². The van der Waals surface area contributed by atoms with Gasteiger partial charge in [0.25, 0.3) is 0 Å². The van der Waals surface area contributed by atoms with E-state index >= 15 is 4.39 Å². The highest BCUT2D eigenvalue weighted by Crippen LogP contribution is 2.75. The van der Waals surface area contributed by atoms with Crippen LogP contribution in [0.2, 0.25) is 0 Å². The van der Waals surface area contributed by atoms with Gasteiger partial charge in [0.1, 0.15) is 12.7 Å². The van der Waals surface area contributed by atoms with Crippen molar-refractivity contribution in [2.24, 2.45) is 67.6 Å². The van der Waals surface area contributed by atoms with Crippen LogP contribution in [-0.4, -0.2) is 98.5 Å². The first kappa shape index (κ1) is 47.6. The van der Waals surface area contributed by atoms with E-state index in [4.69, 9.17) is 14.5 Å². The lowest BCUT2D eigenvalue weighted by Crippen LogP contribution is -2.68. The van der Waals surface area contributed by atoms with Gasteiger partial charge in [-0.15, -0.1) is 0 Å². The number of benzene rings is 1. The molecular weight excluding hydrogens is 858 g/mol. The van der Waals surface area contributed by atoms with Crippen LogP contribution in [0, 0.1) is 62.6 Å². The molecular formula is C54H66FNO11. The number of aliphatic imine (C=N–C) groups is 1. The van der Waals surface area contributed by atoms with E-state index in [1.54, 1.807) is 31.2 Å². The number of hydrogen-bond donors (Lipinski definition) is 3. The summed E-state index contributed by atoms with van der Waals surface area (Å²) in [7, 11) is 0. The summed E-state index contributed by atoms with van der Waals surface area (Å²) in [5.74, 6) is -0.790. The summed E-state index contributed by atoms with van der Waals surface area (Å²) < 4.78 is 28.6. The molecule has 12 nitrogen and oxygen atoms in total. The summed E-state index contributed by atoms with van der Waals surface area (Å²) in [4.78, 5) is 67.4. The Balaban J connectivity index is 0.000000166. The highest BCUT2D eigenvalue weighted by atomic mass is 19.1. The Bertz CT molecular complexity index is 2490. The molecule has 13 heteroatoms. The Labute approximate surface area is 391 Å². The summed E-state index contributed by atoms with van der Waals surface area (Å²) in [5.41, 5.74) is -2.27. The molecule has 360 valence electrons. The molecule has 0 radical (unpaired) electrons. The number of Topliss-reactive ketones (excluding diaryl/α,β-unsaturated/α-hetero) is 2. The maximum absolute atomic E-state index is 17.4. The minimum absolute atomic E-state index is 0. The van der Waals surface area contributed by atoms with Crippen LogP contribution in [0.4, 0.5) is 4.39 Å². The number of hydrogen-bond acceptors (Lipinski definition) is 11. The molecule has 6 fully saturated rings. The van der Waals surface area contributed by atoms with Gasteiger partial charge in [0.05, 0.1) is 12.2 Å². The fraction of sp³-hybridized carbons (Fsp3) is 0.630. The lowest BCUT2D eigenvalue weighted by molar-refractivity contribution is -0.207. The van der Waals surface area contributed by atoms with Crippen molar-refractivity contribution in [2.45, 2.75) is 135 Å². The summed E-state index contributed by atoms with van der Waals surface area (Å²) in [6.07, 6.45) is 13.8. The van der Waals surface area contributed by atoms with Crippen molar-refractivity contribution >= 4 is 35.0 Å². The molecule has 67 heavy (non-hydrogen) atoms. The van der Waals surface area contributed by atoms with Gasteiger partial charge in [0, 0.05) is 47.3 Å². The molecule has 10 aliphatic rings. The highest BCUT2D eigenvalue weighted by Gasteiger charge is 2.77. The topological polar surface area (TPSA) is 208 Å². The Morgan fingerprint density at radius 2 is 1.54 bits per heavy atom. The Hall–Kier alpha value is -4.43. The third-order valence-electron chi connectivity index (χ3n) is 20.1. The van der Waals surface area contributed by atoms with Gasteiger partial charge >= 0.3 is 5.97 Å². The van der Waals surface area contributed by atoms with Crippen molar-refractivity contribution in [3.8, 4) is 0 Å². The fourth-order valence-corrected chi connectivity index (χ4v) is 17.3. The second-order valence-corrected chi connectivity index (χ2v) is 22.6. The summed E-state index contributed by atoms with van der Waals surface area (Å²) in [6, 6.07) is 8.19. The Kier molecular flexibility index (Phi) is 11.2. The maximum Gasteiger partial charge on any atom is 0.303 e. The number of fused-ring (bicyclic) bond motifs is 15. The lowest BCUT2D eigenvalue weighted by Gasteiger charge is -2.63. The van der Waals surface area contributed by atoms with Crippen LogP contribution < -0.4 is 0 Å². The SMILES string of the molecule is CC(=O)OCC(=O)[C@@]12N=C(C)O[C@@H]1C[C@H]1[C@@H]3CCC4=CC(=O)C=C[C@]4(C)[C@H]3[C@@H](O)C[C@@]12C.C[C@]12C=CC(=O)C=C1CC[C@H]1[C@@H]3C[C@H]4Cc5ccccc5C[C@@]4(C(=O)CO)[C@@]3(C)C[C@H](O)[C@@]12F.O.